The molecule has 1 heteroatoms. The summed E-state index contributed by atoms with van der Waals surface area (Å²) in [4.78, 5) is 0. The third-order valence-corrected chi connectivity index (χ3v) is 3.39. The van der Waals surface area contributed by atoms with Crippen LogP contribution in [0.25, 0.3) is 0 Å². The monoisotopic (exact) mass is 234 g/mol. The van der Waals surface area contributed by atoms with Crippen LogP contribution in [0.2, 0.25) is 0 Å². The van der Waals surface area contributed by atoms with Gasteiger partial charge in [0.05, 0.1) is 6.10 Å². The van der Waals surface area contributed by atoms with Crippen LogP contribution in [0.1, 0.15) is 63.5 Å². The predicted octanol–water partition coefficient (Wildman–Crippen LogP) is 4.29. The van der Waals surface area contributed by atoms with E-state index in [1.807, 2.05) is 6.92 Å². The van der Waals surface area contributed by atoms with E-state index in [-0.39, 0.29) is 6.10 Å². The molecule has 1 aromatic rings. The third-order valence-electron chi connectivity index (χ3n) is 3.39. The van der Waals surface area contributed by atoms with Crippen LogP contribution in [0.4, 0.5) is 0 Å². The smallest absolute Gasteiger partial charge is 0.0517 e. The minimum absolute atomic E-state index is 0.209. The first-order valence-corrected chi connectivity index (χ1v) is 6.94. The lowest BCUT2D eigenvalue weighted by Gasteiger charge is -2.17. The van der Waals surface area contributed by atoms with Crippen molar-refractivity contribution >= 4 is 0 Å². The van der Waals surface area contributed by atoms with E-state index >= 15 is 0 Å². The first kappa shape index (κ1) is 14.2. The normalized spacial score (nSPS) is 14.6. The molecule has 0 bridgehead atoms. The van der Waals surface area contributed by atoms with Gasteiger partial charge >= 0.3 is 0 Å². The Bertz CT molecular complexity index is 300. The van der Waals surface area contributed by atoms with Gasteiger partial charge in [0.2, 0.25) is 0 Å². The van der Waals surface area contributed by atoms with Crippen LogP contribution in [0.5, 0.6) is 0 Å². The molecule has 0 amide bonds. The molecule has 0 saturated heterocycles. The van der Waals surface area contributed by atoms with Gasteiger partial charge in [0.1, 0.15) is 0 Å². The summed E-state index contributed by atoms with van der Waals surface area (Å²) in [5, 5.41) is 9.49. The molecular weight excluding hydrogens is 208 g/mol. The Kier molecular flexibility index (Phi) is 6.28. The molecule has 0 aliphatic rings. The van der Waals surface area contributed by atoms with Crippen molar-refractivity contribution in [3.05, 3.63) is 35.4 Å². The minimum atomic E-state index is -0.209. The molecular formula is C16H26O. The van der Waals surface area contributed by atoms with E-state index in [1.165, 1.54) is 30.4 Å². The number of aryl methyl sites for hydroxylation is 1. The van der Waals surface area contributed by atoms with Gasteiger partial charge in [-0.15, -0.1) is 0 Å². The van der Waals surface area contributed by atoms with Gasteiger partial charge < -0.3 is 5.11 Å². The zero-order chi connectivity index (χ0) is 12.7. The summed E-state index contributed by atoms with van der Waals surface area (Å²) in [7, 11) is 0. The van der Waals surface area contributed by atoms with Crippen LogP contribution in [0, 0.1) is 0 Å². The van der Waals surface area contributed by atoms with Crippen LogP contribution in [0.15, 0.2) is 24.3 Å². The van der Waals surface area contributed by atoms with Crippen LogP contribution < -0.4 is 0 Å². The SMILES string of the molecule is CCCCc1ccc(C(CC)CC(C)O)cc1. The molecule has 0 heterocycles. The molecule has 1 N–H and O–H groups in total. The zero-order valence-corrected chi connectivity index (χ0v) is 11.4. The quantitative estimate of drug-likeness (QED) is 0.746. The Morgan fingerprint density at radius 2 is 1.76 bits per heavy atom. The highest BCUT2D eigenvalue weighted by Gasteiger charge is 2.11. The van der Waals surface area contributed by atoms with Gasteiger partial charge in [0.15, 0.2) is 0 Å². The maximum atomic E-state index is 9.49. The molecule has 1 nitrogen and oxygen atoms in total. The molecule has 1 rings (SSSR count). The fourth-order valence-electron chi connectivity index (χ4n) is 2.29. The number of hydrogen-bond acceptors (Lipinski definition) is 1. The second-order valence-electron chi connectivity index (χ2n) is 5.04. The average Bonchev–Trinajstić information content (AvgIpc) is 2.34. The Morgan fingerprint density at radius 3 is 2.24 bits per heavy atom. The van der Waals surface area contributed by atoms with E-state index in [2.05, 4.69) is 38.1 Å². The molecule has 2 unspecified atom stereocenters. The maximum Gasteiger partial charge on any atom is 0.0517 e. The number of hydrogen-bond donors (Lipinski definition) is 1. The molecule has 0 aliphatic heterocycles. The van der Waals surface area contributed by atoms with Gasteiger partial charge in [-0.3, -0.25) is 0 Å². The van der Waals surface area contributed by atoms with Gasteiger partial charge in [0, 0.05) is 0 Å². The molecule has 2 atom stereocenters. The molecule has 0 aliphatic carbocycles. The molecule has 0 radical (unpaired) electrons. The van der Waals surface area contributed by atoms with Crippen molar-refractivity contribution in [3.8, 4) is 0 Å². The lowest BCUT2D eigenvalue weighted by molar-refractivity contribution is 0.173. The van der Waals surface area contributed by atoms with E-state index in [0.717, 1.165) is 12.8 Å². The summed E-state index contributed by atoms with van der Waals surface area (Å²) in [5.41, 5.74) is 2.80. The largest absolute Gasteiger partial charge is 0.393 e. The van der Waals surface area contributed by atoms with Gasteiger partial charge in [-0.2, -0.15) is 0 Å². The van der Waals surface area contributed by atoms with Crippen molar-refractivity contribution in [2.75, 3.05) is 0 Å². The topological polar surface area (TPSA) is 20.2 Å². The summed E-state index contributed by atoms with van der Waals surface area (Å²) in [5.74, 6) is 0.496. The summed E-state index contributed by atoms with van der Waals surface area (Å²) in [6, 6.07) is 8.97. The molecule has 0 saturated carbocycles. The number of rotatable bonds is 7. The number of aliphatic hydroxyl groups is 1. The first-order chi connectivity index (χ1) is 8.17. The van der Waals surface area contributed by atoms with Gasteiger partial charge in [-0.05, 0) is 49.7 Å². The molecule has 0 spiro atoms. The third kappa shape index (κ3) is 4.91. The van der Waals surface area contributed by atoms with Crippen molar-refractivity contribution < 1.29 is 5.11 Å². The Balaban J connectivity index is 2.64. The van der Waals surface area contributed by atoms with Crippen molar-refractivity contribution in [1.82, 2.24) is 0 Å². The highest BCUT2D eigenvalue weighted by Crippen LogP contribution is 2.25. The van der Waals surface area contributed by atoms with Crippen molar-refractivity contribution in [2.45, 2.75) is 64.9 Å². The van der Waals surface area contributed by atoms with Crippen LogP contribution >= 0.6 is 0 Å². The Labute approximate surface area is 106 Å². The van der Waals surface area contributed by atoms with Crippen molar-refractivity contribution in [2.24, 2.45) is 0 Å². The highest BCUT2D eigenvalue weighted by molar-refractivity contribution is 5.25. The Morgan fingerprint density at radius 1 is 1.12 bits per heavy atom. The summed E-state index contributed by atoms with van der Waals surface area (Å²) < 4.78 is 0. The molecule has 1 aromatic carbocycles. The fraction of sp³-hybridized carbons (Fsp3) is 0.625. The molecule has 0 fully saturated rings. The first-order valence-electron chi connectivity index (χ1n) is 6.94. The lowest BCUT2D eigenvalue weighted by atomic mass is 9.90. The average molecular weight is 234 g/mol. The molecule has 96 valence electrons. The second kappa shape index (κ2) is 7.50. The van der Waals surface area contributed by atoms with Crippen molar-refractivity contribution in [1.29, 1.82) is 0 Å². The summed E-state index contributed by atoms with van der Waals surface area (Å²) in [6.07, 6.45) is 5.46. The fourth-order valence-corrected chi connectivity index (χ4v) is 2.29. The second-order valence-corrected chi connectivity index (χ2v) is 5.04. The Hall–Kier alpha value is -0.820. The predicted molar refractivity (Wildman–Crippen MR) is 74.4 cm³/mol. The number of aliphatic hydroxyl groups excluding tert-OH is 1. The number of unbranched alkanes of at least 4 members (excludes halogenated alkanes) is 1. The van der Waals surface area contributed by atoms with E-state index in [1.54, 1.807) is 0 Å². The maximum absolute atomic E-state index is 9.49. The van der Waals surface area contributed by atoms with Crippen LogP contribution in [-0.2, 0) is 6.42 Å². The van der Waals surface area contributed by atoms with E-state index in [4.69, 9.17) is 0 Å². The number of benzene rings is 1. The van der Waals surface area contributed by atoms with Crippen LogP contribution in [0.3, 0.4) is 0 Å². The molecule has 17 heavy (non-hydrogen) atoms. The van der Waals surface area contributed by atoms with Gasteiger partial charge in [-0.1, -0.05) is 44.5 Å². The minimum Gasteiger partial charge on any atom is -0.393 e. The standard InChI is InChI=1S/C16H26O/c1-4-6-7-14-8-10-16(11-9-14)15(5-2)12-13(3)17/h8-11,13,15,17H,4-7,12H2,1-3H3. The van der Waals surface area contributed by atoms with E-state index in [9.17, 15) is 5.11 Å². The van der Waals surface area contributed by atoms with Gasteiger partial charge in [-0.25, -0.2) is 0 Å². The van der Waals surface area contributed by atoms with E-state index in [0.29, 0.717) is 5.92 Å². The van der Waals surface area contributed by atoms with Crippen LogP contribution in [-0.4, -0.2) is 11.2 Å². The van der Waals surface area contributed by atoms with E-state index < -0.39 is 0 Å². The summed E-state index contributed by atoms with van der Waals surface area (Å²) in [6.45, 7) is 6.29. The summed E-state index contributed by atoms with van der Waals surface area (Å²) >= 11 is 0. The lowest BCUT2D eigenvalue weighted by Crippen LogP contribution is -2.08. The van der Waals surface area contributed by atoms with Crippen molar-refractivity contribution in [3.63, 3.8) is 0 Å². The van der Waals surface area contributed by atoms with Gasteiger partial charge in [0.25, 0.3) is 0 Å². The zero-order valence-electron chi connectivity index (χ0n) is 11.4. The molecule has 0 aromatic heterocycles. The highest BCUT2D eigenvalue weighted by atomic mass is 16.3.